The van der Waals surface area contributed by atoms with Crippen molar-refractivity contribution in [3.8, 4) is 11.6 Å². The minimum absolute atomic E-state index is 0.0456. The Morgan fingerprint density at radius 2 is 1.71 bits per heavy atom. The van der Waals surface area contributed by atoms with Gasteiger partial charge in [-0.1, -0.05) is 30.3 Å². The third-order valence-corrected chi connectivity index (χ3v) is 4.52. The van der Waals surface area contributed by atoms with Crippen LogP contribution in [0.5, 0.6) is 11.6 Å². The Kier molecular flexibility index (Phi) is 4.37. The van der Waals surface area contributed by atoms with Gasteiger partial charge in [0.2, 0.25) is 15.9 Å². The van der Waals surface area contributed by atoms with Gasteiger partial charge in [0.15, 0.2) is 0 Å². The van der Waals surface area contributed by atoms with Gasteiger partial charge in [0.1, 0.15) is 17.3 Å². The quantitative estimate of drug-likeness (QED) is 0.768. The van der Waals surface area contributed by atoms with Gasteiger partial charge in [-0.15, -0.1) is 0 Å². The van der Waals surface area contributed by atoms with Crippen molar-refractivity contribution in [3.63, 3.8) is 0 Å². The van der Waals surface area contributed by atoms with Crippen molar-refractivity contribution >= 4 is 20.8 Å². The molecule has 0 fully saturated rings. The Morgan fingerprint density at radius 1 is 1.04 bits per heavy atom. The van der Waals surface area contributed by atoms with E-state index in [1.165, 1.54) is 6.07 Å². The molecule has 2 N–H and O–H groups in total. The molecule has 1 heterocycles. The standard InChI is InChI=1S/C17H16N2O4S/c1-22-17-14-7-3-2-6-13(14)12(10-19-17)11-23-15-8-4-5-9-16(15)24(18,20)21/h2-10H,11H2,1H3,(H2,18,20,21). The number of primary sulfonamides is 1. The van der Waals surface area contributed by atoms with E-state index in [-0.39, 0.29) is 17.3 Å². The van der Waals surface area contributed by atoms with Crippen LogP contribution in [0.15, 0.2) is 59.6 Å². The molecule has 0 amide bonds. The monoisotopic (exact) mass is 344 g/mol. The van der Waals surface area contributed by atoms with E-state index >= 15 is 0 Å². The van der Waals surface area contributed by atoms with Crippen LogP contribution in [0.2, 0.25) is 0 Å². The average Bonchev–Trinajstić information content (AvgIpc) is 2.59. The number of methoxy groups -OCH3 is 1. The lowest BCUT2D eigenvalue weighted by atomic mass is 10.1. The number of fused-ring (bicyclic) bond motifs is 1. The maximum Gasteiger partial charge on any atom is 0.241 e. The molecule has 0 atom stereocenters. The second kappa shape index (κ2) is 6.46. The summed E-state index contributed by atoms with van der Waals surface area (Å²) in [6.45, 7) is 0.157. The highest BCUT2D eigenvalue weighted by Gasteiger charge is 2.15. The summed E-state index contributed by atoms with van der Waals surface area (Å²) in [5.74, 6) is 0.735. The number of sulfonamides is 1. The maximum absolute atomic E-state index is 11.6. The first kappa shape index (κ1) is 16.2. The lowest BCUT2D eigenvalue weighted by molar-refractivity contribution is 0.298. The molecule has 0 radical (unpaired) electrons. The fraction of sp³-hybridized carbons (Fsp3) is 0.118. The first-order valence-electron chi connectivity index (χ1n) is 7.16. The van der Waals surface area contributed by atoms with Gasteiger partial charge in [0.05, 0.1) is 7.11 Å². The molecule has 2 aromatic carbocycles. The molecule has 0 unspecified atom stereocenters. The highest BCUT2D eigenvalue weighted by Crippen LogP contribution is 2.28. The molecule has 3 rings (SSSR count). The van der Waals surface area contributed by atoms with Crippen molar-refractivity contribution in [3.05, 3.63) is 60.3 Å². The number of rotatable bonds is 5. The van der Waals surface area contributed by atoms with Crippen LogP contribution in [0.4, 0.5) is 0 Å². The molecule has 6 nitrogen and oxygen atoms in total. The summed E-state index contributed by atoms with van der Waals surface area (Å²) >= 11 is 0. The van der Waals surface area contributed by atoms with Crippen LogP contribution in [0.1, 0.15) is 5.56 Å². The van der Waals surface area contributed by atoms with Crippen LogP contribution in [0.3, 0.4) is 0 Å². The number of ether oxygens (including phenoxy) is 2. The van der Waals surface area contributed by atoms with Crippen LogP contribution in [-0.4, -0.2) is 20.5 Å². The fourth-order valence-electron chi connectivity index (χ4n) is 2.46. The number of hydrogen-bond donors (Lipinski definition) is 1. The first-order valence-corrected chi connectivity index (χ1v) is 8.70. The largest absolute Gasteiger partial charge is 0.487 e. The minimum Gasteiger partial charge on any atom is -0.487 e. The second-order valence-corrected chi connectivity index (χ2v) is 6.65. The lowest BCUT2D eigenvalue weighted by Gasteiger charge is -2.12. The predicted octanol–water partition coefficient (Wildman–Crippen LogP) is 2.47. The van der Waals surface area contributed by atoms with E-state index in [1.54, 1.807) is 31.5 Å². The van der Waals surface area contributed by atoms with Crippen molar-refractivity contribution in [2.75, 3.05) is 7.11 Å². The van der Waals surface area contributed by atoms with Gasteiger partial charge >= 0.3 is 0 Å². The molecule has 124 valence electrons. The molecular weight excluding hydrogens is 328 g/mol. The normalized spacial score (nSPS) is 11.4. The highest BCUT2D eigenvalue weighted by molar-refractivity contribution is 7.89. The fourth-order valence-corrected chi connectivity index (χ4v) is 3.14. The Labute approximate surface area is 139 Å². The van der Waals surface area contributed by atoms with Gasteiger partial charge in [-0.05, 0) is 23.6 Å². The molecular formula is C17H16N2O4S. The van der Waals surface area contributed by atoms with E-state index in [4.69, 9.17) is 14.6 Å². The van der Waals surface area contributed by atoms with Gasteiger partial charge in [-0.25, -0.2) is 18.5 Å². The molecule has 0 saturated heterocycles. The Balaban J connectivity index is 1.96. The molecule has 0 spiro atoms. The Bertz CT molecular complexity index is 987. The van der Waals surface area contributed by atoms with E-state index in [9.17, 15) is 8.42 Å². The molecule has 0 aliphatic carbocycles. The molecule has 0 aliphatic heterocycles. The van der Waals surface area contributed by atoms with E-state index in [2.05, 4.69) is 4.98 Å². The van der Waals surface area contributed by atoms with Crippen LogP contribution in [0.25, 0.3) is 10.8 Å². The molecule has 7 heteroatoms. The average molecular weight is 344 g/mol. The number of nitrogens with two attached hydrogens (primary N) is 1. The topological polar surface area (TPSA) is 91.5 Å². The van der Waals surface area contributed by atoms with E-state index in [0.717, 1.165) is 16.3 Å². The highest BCUT2D eigenvalue weighted by atomic mass is 32.2. The summed E-state index contributed by atoms with van der Waals surface area (Å²) < 4.78 is 34.2. The van der Waals surface area contributed by atoms with E-state index in [0.29, 0.717) is 5.88 Å². The van der Waals surface area contributed by atoms with Crippen molar-refractivity contribution in [1.29, 1.82) is 0 Å². The molecule has 1 aromatic heterocycles. The molecule has 0 saturated carbocycles. The van der Waals surface area contributed by atoms with E-state index in [1.807, 2.05) is 24.3 Å². The van der Waals surface area contributed by atoms with Gasteiger partial charge < -0.3 is 9.47 Å². The number of aromatic nitrogens is 1. The van der Waals surface area contributed by atoms with Crippen molar-refractivity contribution in [2.24, 2.45) is 5.14 Å². The molecule has 0 bridgehead atoms. The van der Waals surface area contributed by atoms with Crippen LogP contribution >= 0.6 is 0 Å². The summed E-state index contributed by atoms with van der Waals surface area (Å²) in [6.07, 6.45) is 1.65. The minimum atomic E-state index is -3.85. The number of pyridine rings is 1. The zero-order chi connectivity index (χ0) is 17.2. The number of benzene rings is 2. The zero-order valence-electron chi connectivity index (χ0n) is 13.0. The summed E-state index contributed by atoms with van der Waals surface area (Å²) in [4.78, 5) is 4.22. The SMILES string of the molecule is COc1ncc(COc2ccccc2S(N)(=O)=O)c2ccccc12. The Morgan fingerprint density at radius 3 is 2.42 bits per heavy atom. The number of nitrogens with zero attached hydrogens (tertiary/aromatic N) is 1. The third-order valence-electron chi connectivity index (χ3n) is 3.57. The smallest absolute Gasteiger partial charge is 0.241 e. The summed E-state index contributed by atoms with van der Waals surface area (Å²) in [7, 11) is -2.29. The predicted molar refractivity (Wildman–Crippen MR) is 90.4 cm³/mol. The van der Waals surface area contributed by atoms with Gasteiger partial charge in [-0.3, -0.25) is 0 Å². The molecule has 3 aromatic rings. The molecule has 24 heavy (non-hydrogen) atoms. The first-order chi connectivity index (χ1) is 11.5. The number of hydrogen-bond acceptors (Lipinski definition) is 5. The maximum atomic E-state index is 11.6. The number of para-hydroxylation sites is 1. The zero-order valence-corrected chi connectivity index (χ0v) is 13.8. The van der Waals surface area contributed by atoms with Crippen LogP contribution in [-0.2, 0) is 16.6 Å². The van der Waals surface area contributed by atoms with Crippen LogP contribution < -0.4 is 14.6 Å². The molecule has 0 aliphatic rings. The van der Waals surface area contributed by atoms with Crippen molar-refractivity contribution in [1.82, 2.24) is 4.98 Å². The van der Waals surface area contributed by atoms with Gasteiger partial charge in [0.25, 0.3) is 0 Å². The van der Waals surface area contributed by atoms with Gasteiger partial charge in [0, 0.05) is 17.1 Å². The summed E-state index contributed by atoms with van der Waals surface area (Å²) in [5, 5.41) is 7.01. The van der Waals surface area contributed by atoms with Crippen molar-refractivity contribution in [2.45, 2.75) is 11.5 Å². The van der Waals surface area contributed by atoms with Crippen molar-refractivity contribution < 1.29 is 17.9 Å². The lowest BCUT2D eigenvalue weighted by Crippen LogP contribution is -2.13. The Hall–Kier alpha value is -2.64. The summed E-state index contributed by atoms with van der Waals surface area (Å²) in [6, 6.07) is 13.9. The summed E-state index contributed by atoms with van der Waals surface area (Å²) in [5.41, 5.74) is 0.815. The second-order valence-electron chi connectivity index (χ2n) is 5.12. The third kappa shape index (κ3) is 3.17. The van der Waals surface area contributed by atoms with Gasteiger partial charge in [-0.2, -0.15) is 0 Å². The van der Waals surface area contributed by atoms with Crippen LogP contribution in [0, 0.1) is 0 Å². The van der Waals surface area contributed by atoms with E-state index < -0.39 is 10.0 Å².